The Bertz CT molecular complexity index is 1130. The summed E-state index contributed by atoms with van der Waals surface area (Å²) in [5.41, 5.74) is 2.76. The Balaban J connectivity index is 1.70. The molecule has 2 aromatic carbocycles. The Labute approximate surface area is 158 Å². The summed E-state index contributed by atoms with van der Waals surface area (Å²) in [5.74, 6) is -0.257. The Kier molecular flexibility index (Phi) is 4.37. The lowest BCUT2D eigenvalue weighted by molar-refractivity contribution is -0.134. The van der Waals surface area contributed by atoms with E-state index in [4.69, 9.17) is 0 Å². The Morgan fingerprint density at radius 2 is 1.85 bits per heavy atom. The molecule has 0 radical (unpaired) electrons. The van der Waals surface area contributed by atoms with E-state index in [1.165, 1.54) is 24.9 Å². The monoisotopic (exact) mass is 378 g/mol. The van der Waals surface area contributed by atoms with E-state index in [0.29, 0.717) is 44.2 Å². The summed E-state index contributed by atoms with van der Waals surface area (Å²) < 4.78 is 4.54. The van der Waals surface area contributed by atoms with E-state index in [9.17, 15) is 14.4 Å². The van der Waals surface area contributed by atoms with Crippen molar-refractivity contribution in [2.75, 3.05) is 12.9 Å². The quantitative estimate of drug-likeness (QED) is 0.333. The normalized spacial score (nSPS) is 13.1. The van der Waals surface area contributed by atoms with Gasteiger partial charge < -0.3 is 9.72 Å². The molecule has 1 aromatic heterocycles. The van der Waals surface area contributed by atoms with Crippen LogP contribution in [0.4, 0.5) is 0 Å². The molecule has 7 heteroatoms. The van der Waals surface area contributed by atoms with Gasteiger partial charge in [-0.2, -0.15) is 0 Å². The van der Waals surface area contributed by atoms with Gasteiger partial charge in [0.1, 0.15) is 0 Å². The van der Waals surface area contributed by atoms with Crippen LogP contribution in [0.25, 0.3) is 11.0 Å². The molecule has 0 fully saturated rings. The smallest absolute Gasteiger partial charge is 0.330 e. The summed E-state index contributed by atoms with van der Waals surface area (Å²) in [4.78, 5) is 44.4. The van der Waals surface area contributed by atoms with E-state index in [-0.39, 0.29) is 11.6 Å². The van der Waals surface area contributed by atoms with E-state index in [1.54, 1.807) is 42.5 Å². The molecular weight excluding hydrogens is 364 g/mol. The third-order valence-electron chi connectivity index (χ3n) is 4.30. The van der Waals surface area contributed by atoms with Gasteiger partial charge in [0, 0.05) is 28.5 Å². The van der Waals surface area contributed by atoms with Gasteiger partial charge in [-0.25, -0.2) is 9.78 Å². The largest absolute Gasteiger partial charge is 0.466 e. The van der Waals surface area contributed by atoms with Crippen LogP contribution in [0.1, 0.15) is 31.8 Å². The van der Waals surface area contributed by atoms with Crippen molar-refractivity contribution in [2.45, 2.75) is 5.16 Å². The molecule has 0 amide bonds. The predicted molar refractivity (Wildman–Crippen MR) is 101 cm³/mol. The lowest BCUT2D eigenvalue weighted by Gasteiger charge is -2.17. The molecule has 3 aromatic rings. The number of aromatic nitrogens is 2. The molecule has 134 valence electrons. The summed E-state index contributed by atoms with van der Waals surface area (Å²) in [6, 6.07) is 10.2. The van der Waals surface area contributed by atoms with Gasteiger partial charge in [-0.1, -0.05) is 42.1 Å². The first-order valence-electron chi connectivity index (χ1n) is 8.18. The van der Waals surface area contributed by atoms with Crippen LogP contribution in [-0.4, -0.2) is 40.4 Å². The number of ether oxygens (including phenoxy) is 1. The Hall–Kier alpha value is -3.19. The molecule has 0 atom stereocenters. The number of aromatic amines is 1. The van der Waals surface area contributed by atoms with Crippen molar-refractivity contribution in [1.29, 1.82) is 0 Å². The minimum atomic E-state index is -0.419. The van der Waals surface area contributed by atoms with Gasteiger partial charge in [-0.3, -0.25) is 9.59 Å². The van der Waals surface area contributed by atoms with Gasteiger partial charge in [0.2, 0.25) is 0 Å². The molecular formula is C20H14N2O4S. The van der Waals surface area contributed by atoms with Crippen LogP contribution in [-0.2, 0) is 9.53 Å². The maximum absolute atomic E-state index is 13.0. The fourth-order valence-electron chi connectivity index (χ4n) is 3.05. The van der Waals surface area contributed by atoms with Gasteiger partial charge >= 0.3 is 5.97 Å². The van der Waals surface area contributed by atoms with Crippen molar-refractivity contribution in [3.8, 4) is 0 Å². The number of ketones is 2. The number of benzene rings is 2. The van der Waals surface area contributed by atoms with Gasteiger partial charge in [-0.05, 0) is 12.1 Å². The van der Waals surface area contributed by atoms with E-state index in [2.05, 4.69) is 14.7 Å². The Morgan fingerprint density at radius 1 is 1.11 bits per heavy atom. The number of nitrogens with zero attached hydrogens (tertiary/aromatic N) is 1. The molecule has 0 unspecified atom stereocenters. The van der Waals surface area contributed by atoms with Crippen LogP contribution in [0.5, 0.6) is 0 Å². The van der Waals surface area contributed by atoms with E-state index in [0.717, 1.165) is 0 Å². The number of carbonyl (C=O) groups excluding carboxylic acids is 3. The van der Waals surface area contributed by atoms with Crippen molar-refractivity contribution in [1.82, 2.24) is 9.97 Å². The second-order valence-corrected chi connectivity index (χ2v) is 6.87. The van der Waals surface area contributed by atoms with Crippen LogP contribution >= 0.6 is 11.8 Å². The zero-order chi connectivity index (χ0) is 19.0. The zero-order valence-electron chi connectivity index (χ0n) is 14.3. The second kappa shape index (κ2) is 6.85. The van der Waals surface area contributed by atoms with Gasteiger partial charge in [0.15, 0.2) is 16.7 Å². The molecule has 0 aliphatic heterocycles. The average Bonchev–Trinajstić information content (AvgIpc) is 3.11. The summed E-state index contributed by atoms with van der Waals surface area (Å²) in [5, 5.41) is 0.604. The highest BCUT2D eigenvalue weighted by Crippen LogP contribution is 2.32. The molecule has 0 saturated heterocycles. The fourth-order valence-corrected chi connectivity index (χ4v) is 3.73. The zero-order valence-corrected chi connectivity index (χ0v) is 15.1. The van der Waals surface area contributed by atoms with Crippen LogP contribution in [0, 0.1) is 0 Å². The summed E-state index contributed by atoms with van der Waals surface area (Å²) in [6.07, 6.45) is 3.01. The minimum absolute atomic E-state index is 0.160. The summed E-state index contributed by atoms with van der Waals surface area (Å²) in [7, 11) is 1.32. The van der Waals surface area contributed by atoms with E-state index in [1.807, 2.05) is 0 Å². The highest BCUT2D eigenvalue weighted by atomic mass is 32.2. The van der Waals surface area contributed by atoms with Gasteiger partial charge in [0.05, 0.1) is 23.7 Å². The van der Waals surface area contributed by atoms with Crippen molar-refractivity contribution in [3.63, 3.8) is 0 Å². The number of H-pyrrole nitrogens is 1. The third kappa shape index (κ3) is 2.96. The highest BCUT2D eigenvalue weighted by Gasteiger charge is 2.31. The molecule has 0 bridgehead atoms. The summed E-state index contributed by atoms with van der Waals surface area (Å²) >= 11 is 1.38. The lowest BCUT2D eigenvalue weighted by atomic mass is 9.83. The van der Waals surface area contributed by atoms with E-state index < -0.39 is 5.97 Å². The first-order valence-corrected chi connectivity index (χ1v) is 9.17. The number of esters is 1. The topological polar surface area (TPSA) is 89.1 Å². The second-order valence-electron chi connectivity index (χ2n) is 5.86. The van der Waals surface area contributed by atoms with Crippen LogP contribution in [0.15, 0.2) is 53.7 Å². The van der Waals surface area contributed by atoms with Crippen molar-refractivity contribution < 1.29 is 19.1 Å². The molecule has 1 heterocycles. The minimum Gasteiger partial charge on any atom is -0.466 e. The van der Waals surface area contributed by atoms with Crippen molar-refractivity contribution in [2.24, 2.45) is 0 Å². The van der Waals surface area contributed by atoms with Crippen LogP contribution < -0.4 is 0 Å². The highest BCUT2D eigenvalue weighted by molar-refractivity contribution is 7.99. The van der Waals surface area contributed by atoms with Gasteiger partial charge in [0.25, 0.3) is 0 Å². The van der Waals surface area contributed by atoms with Crippen LogP contribution in [0.3, 0.4) is 0 Å². The first kappa shape index (κ1) is 17.2. The number of carbonyl (C=O) groups is 3. The number of nitrogens with one attached hydrogen (secondary N) is 1. The number of hydrogen-bond acceptors (Lipinski definition) is 6. The van der Waals surface area contributed by atoms with Crippen molar-refractivity contribution in [3.05, 3.63) is 70.8 Å². The van der Waals surface area contributed by atoms with Crippen molar-refractivity contribution >= 4 is 40.3 Å². The number of imidazole rings is 1. The number of fused-ring (bicyclic) bond motifs is 4. The third-order valence-corrected chi connectivity index (χ3v) is 5.12. The maximum Gasteiger partial charge on any atom is 0.330 e. The first-order chi connectivity index (χ1) is 13.1. The molecule has 1 aliphatic rings. The number of thioether (sulfide) groups is 1. The molecule has 27 heavy (non-hydrogen) atoms. The number of hydrogen-bond donors (Lipinski definition) is 1. The standard InChI is InChI=1S/C20H14N2O4S/c1-26-15(23)7-4-10-27-20-21-14-9-8-13-16(17(14)22-20)19(25)12-6-3-2-5-11(12)18(13)24/h2-9H,10H2,1H3,(H,21,22)/b7-4+. The molecule has 4 rings (SSSR count). The maximum atomic E-state index is 13.0. The predicted octanol–water partition coefficient (Wildman–Crippen LogP) is 3.16. The number of rotatable bonds is 4. The summed E-state index contributed by atoms with van der Waals surface area (Å²) in [6.45, 7) is 0. The lowest BCUT2D eigenvalue weighted by Crippen LogP contribution is -2.21. The van der Waals surface area contributed by atoms with E-state index >= 15 is 0 Å². The molecule has 1 aliphatic carbocycles. The van der Waals surface area contributed by atoms with Crippen LogP contribution in [0.2, 0.25) is 0 Å². The fraction of sp³-hybridized carbons (Fsp3) is 0.100. The molecule has 0 spiro atoms. The molecule has 0 saturated carbocycles. The average molecular weight is 378 g/mol. The molecule has 1 N–H and O–H groups in total. The number of methoxy groups -OCH3 is 1. The Morgan fingerprint density at radius 3 is 2.59 bits per heavy atom. The van der Waals surface area contributed by atoms with Gasteiger partial charge in [-0.15, -0.1) is 0 Å². The molecule has 6 nitrogen and oxygen atoms in total. The SMILES string of the molecule is COC(=O)/C=C/CSc1nc2ccc3c(c2[nH]1)C(=O)c1ccccc1C3=O.